The van der Waals surface area contributed by atoms with Crippen LogP contribution in [0.15, 0.2) is 24.3 Å². The summed E-state index contributed by atoms with van der Waals surface area (Å²) < 4.78 is 0. The zero-order valence-corrected chi connectivity index (χ0v) is 8.16. The van der Waals surface area contributed by atoms with Crippen LogP contribution in [0, 0.1) is 5.92 Å². The van der Waals surface area contributed by atoms with Gasteiger partial charge in [0.25, 0.3) is 0 Å². The van der Waals surface area contributed by atoms with E-state index in [4.69, 9.17) is 0 Å². The lowest BCUT2D eigenvalue weighted by Crippen LogP contribution is -2.39. The summed E-state index contributed by atoms with van der Waals surface area (Å²) in [6, 6.07) is 8.36. The van der Waals surface area contributed by atoms with Gasteiger partial charge < -0.3 is 5.32 Å². The van der Waals surface area contributed by atoms with Gasteiger partial charge in [0.1, 0.15) is 0 Å². The number of benzene rings is 1. The summed E-state index contributed by atoms with van der Waals surface area (Å²) in [5.74, 6) is 1.32. The third-order valence-corrected chi connectivity index (χ3v) is 3.67. The van der Waals surface area contributed by atoms with E-state index >= 15 is 0 Å². The van der Waals surface area contributed by atoms with Crippen molar-refractivity contribution in [2.75, 3.05) is 6.54 Å². The molecule has 1 N–H and O–H groups in total. The second kappa shape index (κ2) is 2.59. The van der Waals surface area contributed by atoms with Crippen LogP contribution < -0.4 is 5.32 Å². The first kappa shape index (κ1) is 8.04. The van der Waals surface area contributed by atoms with Gasteiger partial charge in [-0.3, -0.25) is 4.79 Å². The quantitative estimate of drug-likeness (QED) is 0.657. The molecule has 1 amide bonds. The molecule has 2 aliphatic rings. The zero-order chi connectivity index (χ0) is 9.71. The first-order valence-corrected chi connectivity index (χ1v) is 5.15. The summed E-state index contributed by atoms with van der Waals surface area (Å²) in [4.78, 5) is 11.7. The van der Waals surface area contributed by atoms with Crippen molar-refractivity contribution in [2.24, 2.45) is 5.92 Å². The number of carbonyl (C=O) groups excluding carboxylic acids is 1. The van der Waals surface area contributed by atoms with E-state index in [-0.39, 0.29) is 11.8 Å². The fourth-order valence-electron chi connectivity index (χ4n) is 2.93. The van der Waals surface area contributed by atoms with E-state index in [1.165, 1.54) is 11.1 Å². The maximum Gasteiger partial charge on any atom is 0.227 e. The molecule has 3 unspecified atom stereocenters. The molecule has 0 saturated carbocycles. The predicted octanol–water partition coefficient (Wildman–Crippen LogP) is 1.63. The largest absolute Gasteiger partial charge is 0.355 e. The molecule has 0 aromatic heterocycles. The monoisotopic (exact) mass is 187 g/mol. The van der Waals surface area contributed by atoms with E-state index in [1.807, 2.05) is 6.07 Å². The van der Waals surface area contributed by atoms with Crippen molar-refractivity contribution in [2.45, 2.75) is 18.8 Å². The Bertz CT molecular complexity index is 399. The first-order chi connectivity index (χ1) is 6.79. The van der Waals surface area contributed by atoms with Gasteiger partial charge >= 0.3 is 0 Å². The minimum Gasteiger partial charge on any atom is -0.355 e. The fraction of sp³-hybridized carbons (Fsp3) is 0.417. The molecule has 3 atom stereocenters. The van der Waals surface area contributed by atoms with E-state index < -0.39 is 0 Å². The molecule has 2 heteroatoms. The van der Waals surface area contributed by atoms with Gasteiger partial charge in [-0.15, -0.1) is 0 Å². The van der Waals surface area contributed by atoms with E-state index in [0.717, 1.165) is 6.54 Å². The van der Waals surface area contributed by atoms with Gasteiger partial charge in [0.15, 0.2) is 0 Å². The van der Waals surface area contributed by atoms with Gasteiger partial charge in [0.05, 0.1) is 5.92 Å². The highest BCUT2D eigenvalue weighted by atomic mass is 16.2. The summed E-state index contributed by atoms with van der Waals surface area (Å²) in [7, 11) is 0. The topological polar surface area (TPSA) is 29.1 Å². The van der Waals surface area contributed by atoms with Crippen molar-refractivity contribution in [3.8, 4) is 0 Å². The molecule has 72 valence electrons. The van der Waals surface area contributed by atoms with Crippen LogP contribution in [0.2, 0.25) is 0 Å². The Kier molecular flexibility index (Phi) is 1.49. The lowest BCUT2D eigenvalue weighted by molar-refractivity contribution is -0.125. The highest BCUT2D eigenvalue weighted by molar-refractivity contribution is 5.87. The molecule has 1 aromatic rings. The van der Waals surface area contributed by atoms with Gasteiger partial charge in [-0.25, -0.2) is 0 Å². The smallest absolute Gasteiger partial charge is 0.227 e. The van der Waals surface area contributed by atoms with Crippen LogP contribution in [0.4, 0.5) is 0 Å². The Morgan fingerprint density at radius 1 is 1.29 bits per heavy atom. The number of piperidine rings is 1. The maximum absolute atomic E-state index is 11.7. The normalized spacial score (nSPS) is 33.8. The highest BCUT2D eigenvalue weighted by Crippen LogP contribution is 2.48. The summed E-state index contributed by atoms with van der Waals surface area (Å²) in [6.45, 7) is 3.00. The van der Waals surface area contributed by atoms with Crippen LogP contribution in [0.1, 0.15) is 29.9 Å². The second-order valence-electron chi connectivity index (χ2n) is 4.32. The highest BCUT2D eigenvalue weighted by Gasteiger charge is 2.44. The van der Waals surface area contributed by atoms with Crippen LogP contribution in [0.5, 0.6) is 0 Å². The van der Waals surface area contributed by atoms with Crippen molar-refractivity contribution in [3.05, 3.63) is 35.4 Å². The molecule has 0 spiro atoms. The average molecular weight is 187 g/mol. The predicted molar refractivity (Wildman–Crippen MR) is 54.1 cm³/mol. The SMILES string of the molecule is CC1C2CNC(=O)C1c1ccccc12. The maximum atomic E-state index is 11.7. The van der Waals surface area contributed by atoms with Gasteiger partial charge in [0, 0.05) is 12.5 Å². The molecule has 0 radical (unpaired) electrons. The molecule has 1 aliphatic carbocycles. The van der Waals surface area contributed by atoms with Gasteiger partial charge in [-0.1, -0.05) is 31.2 Å². The molecular weight excluding hydrogens is 174 g/mol. The van der Waals surface area contributed by atoms with Crippen molar-refractivity contribution in [3.63, 3.8) is 0 Å². The summed E-state index contributed by atoms with van der Waals surface area (Å²) in [5, 5.41) is 2.98. The van der Waals surface area contributed by atoms with Crippen molar-refractivity contribution in [1.29, 1.82) is 0 Å². The molecule has 1 saturated heterocycles. The minimum absolute atomic E-state index is 0.102. The zero-order valence-electron chi connectivity index (χ0n) is 8.16. The fourth-order valence-corrected chi connectivity index (χ4v) is 2.93. The van der Waals surface area contributed by atoms with Crippen LogP contribution in [0.25, 0.3) is 0 Å². The molecule has 2 bridgehead atoms. The molecule has 1 aromatic carbocycles. The third-order valence-electron chi connectivity index (χ3n) is 3.67. The lowest BCUT2D eigenvalue weighted by atomic mass is 9.85. The molecule has 1 heterocycles. The standard InChI is InChI=1S/C12H13NO/c1-7-10-6-13-12(14)11(7)9-5-3-2-4-8(9)10/h2-5,7,10-11H,6H2,1H3,(H,13,14). The number of carbonyl (C=O) groups is 1. The molecule has 2 nitrogen and oxygen atoms in total. The van der Waals surface area contributed by atoms with Crippen LogP contribution in [-0.2, 0) is 4.79 Å². The van der Waals surface area contributed by atoms with Crippen LogP contribution in [-0.4, -0.2) is 12.5 Å². The van der Waals surface area contributed by atoms with E-state index in [2.05, 4.69) is 30.4 Å². The first-order valence-electron chi connectivity index (χ1n) is 5.15. The van der Waals surface area contributed by atoms with Crippen LogP contribution >= 0.6 is 0 Å². The summed E-state index contributed by atoms with van der Waals surface area (Å²) >= 11 is 0. The number of hydrogen-bond donors (Lipinski definition) is 1. The van der Waals surface area contributed by atoms with E-state index in [9.17, 15) is 4.79 Å². The van der Waals surface area contributed by atoms with Crippen molar-refractivity contribution < 1.29 is 4.79 Å². The molecule has 3 rings (SSSR count). The van der Waals surface area contributed by atoms with Crippen molar-refractivity contribution >= 4 is 5.91 Å². The lowest BCUT2D eigenvalue weighted by Gasteiger charge is -2.27. The Hall–Kier alpha value is -1.31. The Labute approximate surface area is 83.3 Å². The number of fused-ring (bicyclic) bond motifs is 5. The van der Waals surface area contributed by atoms with Gasteiger partial charge in [-0.2, -0.15) is 0 Å². The molecule has 1 aliphatic heterocycles. The van der Waals surface area contributed by atoms with Crippen LogP contribution in [0.3, 0.4) is 0 Å². The van der Waals surface area contributed by atoms with E-state index in [1.54, 1.807) is 0 Å². The number of rotatable bonds is 0. The Morgan fingerprint density at radius 3 is 2.79 bits per heavy atom. The van der Waals surface area contributed by atoms with Crippen molar-refractivity contribution in [1.82, 2.24) is 5.32 Å². The minimum atomic E-state index is 0.102. The number of nitrogens with one attached hydrogen (secondary N) is 1. The summed E-state index contributed by atoms with van der Waals surface area (Å²) in [6.07, 6.45) is 0. The Morgan fingerprint density at radius 2 is 2.00 bits per heavy atom. The average Bonchev–Trinajstić information content (AvgIpc) is 2.37. The third kappa shape index (κ3) is 0.834. The Balaban J connectivity index is 2.21. The summed E-state index contributed by atoms with van der Waals surface area (Å²) in [5.41, 5.74) is 2.63. The molecule has 1 fully saturated rings. The molecule has 14 heavy (non-hydrogen) atoms. The second-order valence-corrected chi connectivity index (χ2v) is 4.32. The number of amides is 1. The van der Waals surface area contributed by atoms with Gasteiger partial charge in [-0.05, 0) is 17.0 Å². The van der Waals surface area contributed by atoms with Gasteiger partial charge in [0.2, 0.25) is 5.91 Å². The molecular formula is C12H13NO. The number of hydrogen-bond acceptors (Lipinski definition) is 1. The van der Waals surface area contributed by atoms with E-state index in [0.29, 0.717) is 11.8 Å².